The minimum atomic E-state index is -1.71. The molecular formula is C16H20O8. The maximum Gasteiger partial charge on any atom is 0.352 e. The Balaban J connectivity index is 2.25. The number of hydrogen-bond donors (Lipinski definition) is 2. The summed E-state index contributed by atoms with van der Waals surface area (Å²) in [7, 11) is 0. The van der Waals surface area contributed by atoms with Crippen molar-refractivity contribution in [3.8, 4) is 0 Å². The normalized spacial score (nSPS) is 31.2. The monoisotopic (exact) mass is 340 g/mol. The first-order chi connectivity index (χ1) is 10.9. The summed E-state index contributed by atoms with van der Waals surface area (Å²) in [4.78, 5) is 46.9. The van der Waals surface area contributed by atoms with Gasteiger partial charge in [-0.1, -0.05) is 20.4 Å². The minimum absolute atomic E-state index is 0.229. The predicted molar refractivity (Wildman–Crippen MR) is 78.9 cm³/mol. The zero-order chi connectivity index (χ0) is 18.5. The van der Waals surface area contributed by atoms with Gasteiger partial charge in [-0.05, 0) is 19.8 Å². The first kappa shape index (κ1) is 18.0. The van der Waals surface area contributed by atoms with Crippen LogP contribution in [0.4, 0.5) is 0 Å². The molecule has 1 aliphatic heterocycles. The average molecular weight is 340 g/mol. The van der Waals surface area contributed by atoms with E-state index >= 15 is 0 Å². The Kier molecular flexibility index (Phi) is 3.98. The number of rotatable bonds is 6. The van der Waals surface area contributed by atoms with Gasteiger partial charge in [0.1, 0.15) is 0 Å². The Morgan fingerprint density at radius 2 is 1.83 bits per heavy atom. The molecule has 3 atom stereocenters. The van der Waals surface area contributed by atoms with Gasteiger partial charge < -0.3 is 19.7 Å². The standard InChI is InChI=1S/C16H20O8/c1-8(10(17)18)7-9(11(19)20)23-13(22)16-6-5-15(4,12(21)24-16)14(16,2)3/h9H,1,5-7H2,2-4H3,(H,17,18)(H,19,20)/t9-,15?,16?/m1/s1. The number of hydrogen-bond acceptors (Lipinski definition) is 6. The fraction of sp³-hybridized carbons (Fsp3) is 0.625. The van der Waals surface area contributed by atoms with Gasteiger partial charge in [0.25, 0.3) is 0 Å². The fourth-order valence-corrected chi connectivity index (χ4v) is 3.42. The van der Waals surface area contributed by atoms with Crippen molar-refractivity contribution in [2.45, 2.75) is 51.7 Å². The number of carboxylic acid groups (broad SMARTS) is 2. The largest absolute Gasteiger partial charge is 0.478 e. The van der Waals surface area contributed by atoms with Crippen LogP contribution in [0.5, 0.6) is 0 Å². The number of ether oxygens (including phenoxy) is 2. The van der Waals surface area contributed by atoms with Crippen molar-refractivity contribution in [3.05, 3.63) is 12.2 Å². The van der Waals surface area contributed by atoms with Gasteiger partial charge in [0.15, 0.2) is 0 Å². The molecule has 24 heavy (non-hydrogen) atoms. The van der Waals surface area contributed by atoms with E-state index in [1.54, 1.807) is 20.8 Å². The molecule has 1 saturated carbocycles. The van der Waals surface area contributed by atoms with E-state index in [-0.39, 0.29) is 6.42 Å². The van der Waals surface area contributed by atoms with Crippen molar-refractivity contribution in [2.75, 3.05) is 0 Å². The Labute approximate surface area is 138 Å². The zero-order valence-corrected chi connectivity index (χ0v) is 13.7. The molecule has 132 valence electrons. The number of fused-ring (bicyclic) bond motifs is 2. The van der Waals surface area contributed by atoms with Crippen LogP contribution in [-0.2, 0) is 28.7 Å². The van der Waals surface area contributed by atoms with Gasteiger partial charge in [-0.2, -0.15) is 0 Å². The first-order valence-electron chi connectivity index (χ1n) is 7.47. The highest BCUT2D eigenvalue weighted by molar-refractivity contribution is 5.95. The number of carbonyl (C=O) groups is 4. The predicted octanol–water partition coefficient (Wildman–Crippen LogP) is 1.14. The van der Waals surface area contributed by atoms with E-state index in [0.29, 0.717) is 6.42 Å². The third-order valence-electron chi connectivity index (χ3n) is 5.67. The molecule has 0 spiro atoms. The smallest absolute Gasteiger partial charge is 0.352 e. The molecule has 1 heterocycles. The van der Waals surface area contributed by atoms with Crippen LogP contribution in [-0.4, -0.2) is 45.8 Å². The summed E-state index contributed by atoms with van der Waals surface area (Å²) >= 11 is 0. The van der Waals surface area contributed by atoms with E-state index in [4.69, 9.17) is 14.6 Å². The summed E-state index contributed by atoms with van der Waals surface area (Å²) in [5, 5.41) is 18.0. The molecule has 0 aromatic heterocycles. The van der Waals surface area contributed by atoms with Crippen molar-refractivity contribution in [2.24, 2.45) is 10.8 Å². The Morgan fingerprint density at radius 1 is 1.25 bits per heavy atom. The lowest BCUT2D eigenvalue weighted by Gasteiger charge is -2.35. The molecule has 2 N–H and O–H groups in total. The third-order valence-corrected chi connectivity index (χ3v) is 5.67. The number of esters is 2. The topological polar surface area (TPSA) is 127 Å². The summed E-state index contributed by atoms with van der Waals surface area (Å²) < 4.78 is 10.3. The van der Waals surface area contributed by atoms with Gasteiger partial charge in [-0.15, -0.1) is 0 Å². The Morgan fingerprint density at radius 3 is 2.21 bits per heavy atom. The minimum Gasteiger partial charge on any atom is -0.478 e. The molecule has 2 fully saturated rings. The second kappa shape index (κ2) is 5.32. The van der Waals surface area contributed by atoms with Crippen LogP contribution >= 0.6 is 0 Å². The quantitative estimate of drug-likeness (QED) is 0.544. The summed E-state index contributed by atoms with van der Waals surface area (Å²) in [5.41, 5.74) is -3.68. The highest BCUT2D eigenvalue weighted by Gasteiger charge is 2.76. The number of aliphatic carboxylic acids is 2. The van der Waals surface area contributed by atoms with Crippen LogP contribution in [0, 0.1) is 10.8 Å². The third kappa shape index (κ3) is 2.20. The van der Waals surface area contributed by atoms with Crippen LogP contribution in [0.2, 0.25) is 0 Å². The zero-order valence-electron chi connectivity index (χ0n) is 13.7. The SMILES string of the molecule is C=C(C[C@@H](OC(=O)C12CCC(C)(C(=O)O1)C2(C)C)C(=O)O)C(=O)O. The van der Waals surface area contributed by atoms with Crippen molar-refractivity contribution in [3.63, 3.8) is 0 Å². The lowest BCUT2D eigenvalue weighted by atomic mass is 9.66. The second-order valence-corrected chi connectivity index (χ2v) is 7.02. The van der Waals surface area contributed by atoms with E-state index in [1.165, 1.54) is 0 Å². The van der Waals surface area contributed by atoms with E-state index in [0.717, 1.165) is 0 Å². The number of carbonyl (C=O) groups excluding carboxylic acids is 2. The molecule has 0 aromatic rings. The molecule has 8 nitrogen and oxygen atoms in total. The molecule has 0 radical (unpaired) electrons. The average Bonchev–Trinajstić information content (AvgIpc) is 2.76. The second-order valence-electron chi connectivity index (χ2n) is 7.02. The molecule has 0 amide bonds. The molecule has 2 unspecified atom stereocenters. The first-order valence-corrected chi connectivity index (χ1v) is 7.47. The summed E-state index contributed by atoms with van der Waals surface area (Å²) in [6.45, 7) is 8.36. The summed E-state index contributed by atoms with van der Waals surface area (Å²) in [5.74, 6) is -4.35. The van der Waals surface area contributed by atoms with E-state index < -0.39 is 58.4 Å². The van der Waals surface area contributed by atoms with Gasteiger partial charge >= 0.3 is 23.9 Å². The van der Waals surface area contributed by atoms with Gasteiger partial charge in [-0.3, -0.25) is 4.79 Å². The van der Waals surface area contributed by atoms with Crippen molar-refractivity contribution in [1.82, 2.24) is 0 Å². The lowest BCUT2D eigenvalue weighted by molar-refractivity contribution is -0.190. The molecule has 2 rings (SSSR count). The van der Waals surface area contributed by atoms with Crippen LogP contribution in [0.15, 0.2) is 12.2 Å². The lowest BCUT2D eigenvalue weighted by Crippen LogP contribution is -2.50. The van der Waals surface area contributed by atoms with E-state index in [1.807, 2.05) is 0 Å². The maximum atomic E-state index is 12.7. The fourth-order valence-electron chi connectivity index (χ4n) is 3.42. The maximum absolute atomic E-state index is 12.7. The van der Waals surface area contributed by atoms with Crippen molar-refractivity contribution < 1.29 is 38.9 Å². The van der Waals surface area contributed by atoms with Gasteiger partial charge in [0, 0.05) is 17.4 Å². The number of carboxylic acids is 2. The van der Waals surface area contributed by atoms with E-state index in [9.17, 15) is 24.3 Å². The Bertz CT molecular complexity index is 648. The summed E-state index contributed by atoms with van der Waals surface area (Å²) in [6.07, 6.45) is -1.61. The van der Waals surface area contributed by atoms with Crippen molar-refractivity contribution >= 4 is 23.9 Å². The highest BCUT2D eigenvalue weighted by atomic mass is 16.6. The van der Waals surface area contributed by atoms with Gasteiger partial charge in [0.2, 0.25) is 11.7 Å². The molecule has 8 heteroatoms. The molecule has 2 aliphatic rings. The summed E-state index contributed by atoms with van der Waals surface area (Å²) in [6, 6.07) is 0. The molecular weight excluding hydrogens is 320 g/mol. The van der Waals surface area contributed by atoms with Crippen molar-refractivity contribution in [1.29, 1.82) is 0 Å². The molecule has 1 saturated heterocycles. The Hall–Kier alpha value is -2.38. The van der Waals surface area contributed by atoms with Crippen LogP contribution in [0.25, 0.3) is 0 Å². The van der Waals surface area contributed by atoms with Crippen LogP contribution in [0.3, 0.4) is 0 Å². The van der Waals surface area contributed by atoms with Crippen LogP contribution in [0.1, 0.15) is 40.0 Å². The highest BCUT2D eigenvalue weighted by Crippen LogP contribution is 2.65. The molecule has 1 aliphatic carbocycles. The van der Waals surface area contributed by atoms with Crippen LogP contribution < -0.4 is 0 Å². The molecule has 0 aromatic carbocycles. The molecule has 2 bridgehead atoms. The van der Waals surface area contributed by atoms with Gasteiger partial charge in [-0.25, -0.2) is 14.4 Å². The van der Waals surface area contributed by atoms with Gasteiger partial charge in [0.05, 0.1) is 5.41 Å². The van der Waals surface area contributed by atoms with E-state index in [2.05, 4.69) is 6.58 Å².